The Kier molecular flexibility index (Phi) is 4.27. The molecule has 0 saturated heterocycles. The number of rotatable bonds is 4. The van der Waals surface area contributed by atoms with Gasteiger partial charge in [-0.1, -0.05) is 6.92 Å². The van der Waals surface area contributed by atoms with Crippen molar-refractivity contribution in [1.29, 1.82) is 5.26 Å². The molecule has 86 valence electrons. The summed E-state index contributed by atoms with van der Waals surface area (Å²) in [6.07, 6.45) is 1.25. The van der Waals surface area contributed by atoms with Crippen LogP contribution in [0.5, 0.6) is 0 Å². The van der Waals surface area contributed by atoms with E-state index in [0.29, 0.717) is 5.56 Å². The molecule has 1 rings (SSSR count). The van der Waals surface area contributed by atoms with E-state index in [1.807, 2.05) is 6.07 Å². The van der Waals surface area contributed by atoms with E-state index in [9.17, 15) is 8.42 Å². The molecule has 0 aliphatic heterocycles. The zero-order valence-electron chi connectivity index (χ0n) is 8.72. The van der Waals surface area contributed by atoms with Gasteiger partial charge < -0.3 is 0 Å². The number of hydrogen-bond donors (Lipinski definition) is 0. The van der Waals surface area contributed by atoms with Crippen LogP contribution in [0.3, 0.4) is 0 Å². The summed E-state index contributed by atoms with van der Waals surface area (Å²) in [6.45, 7) is 1.76. The van der Waals surface area contributed by atoms with Gasteiger partial charge in [-0.2, -0.15) is 5.26 Å². The smallest absolute Gasteiger partial charge is 0.195 e. The highest BCUT2D eigenvalue weighted by Crippen LogP contribution is 2.13. The fourth-order valence-electron chi connectivity index (χ4n) is 1.13. The van der Waals surface area contributed by atoms with Gasteiger partial charge in [0, 0.05) is 12.1 Å². The number of nitrogens with zero attached hydrogens (tertiary/aromatic N) is 2. The first-order valence-electron chi connectivity index (χ1n) is 4.64. The Labute approximate surface area is 99.8 Å². The van der Waals surface area contributed by atoms with Crippen molar-refractivity contribution in [3.63, 3.8) is 0 Å². The van der Waals surface area contributed by atoms with E-state index >= 15 is 0 Å². The molecule has 0 spiro atoms. The van der Waals surface area contributed by atoms with E-state index in [0.717, 1.165) is 0 Å². The molecule has 4 nitrogen and oxygen atoms in total. The van der Waals surface area contributed by atoms with Crippen LogP contribution in [0.2, 0.25) is 0 Å². The predicted octanol–water partition coefficient (Wildman–Crippen LogP) is 1.60. The second-order valence-corrected chi connectivity index (χ2v) is 5.83. The highest BCUT2D eigenvalue weighted by molar-refractivity contribution is 7.91. The molecule has 0 saturated carbocycles. The summed E-state index contributed by atoms with van der Waals surface area (Å²) in [4.78, 5) is 3.76. The fraction of sp³-hybridized carbons (Fsp3) is 0.400. The van der Waals surface area contributed by atoms with Gasteiger partial charge in [-0.15, -0.1) is 11.6 Å². The van der Waals surface area contributed by atoms with Crippen molar-refractivity contribution in [2.45, 2.75) is 11.9 Å². The van der Waals surface area contributed by atoms with Crippen LogP contribution in [0.1, 0.15) is 12.5 Å². The molecule has 1 unspecified atom stereocenters. The number of hydrogen-bond acceptors (Lipinski definition) is 4. The van der Waals surface area contributed by atoms with E-state index in [1.54, 1.807) is 6.92 Å². The average molecular weight is 259 g/mol. The first-order valence-corrected chi connectivity index (χ1v) is 6.83. The molecular weight excluding hydrogens is 248 g/mol. The lowest BCUT2D eigenvalue weighted by molar-refractivity contribution is 0.579. The second-order valence-electron chi connectivity index (χ2n) is 3.54. The summed E-state index contributed by atoms with van der Waals surface area (Å²) in [7, 11) is -3.40. The molecule has 0 amide bonds. The first kappa shape index (κ1) is 12.9. The minimum Gasteiger partial charge on any atom is -0.243 e. The SMILES string of the molecule is CC(CCl)CS(=O)(=O)c1ccc(C#N)cn1. The van der Waals surface area contributed by atoms with Gasteiger partial charge in [0.05, 0.1) is 11.3 Å². The lowest BCUT2D eigenvalue weighted by Crippen LogP contribution is -2.16. The summed E-state index contributed by atoms with van der Waals surface area (Å²) in [6, 6.07) is 4.66. The molecule has 0 N–H and O–H groups in total. The van der Waals surface area contributed by atoms with Gasteiger partial charge in [-0.05, 0) is 18.1 Å². The maximum absolute atomic E-state index is 11.8. The molecule has 0 radical (unpaired) electrons. The summed E-state index contributed by atoms with van der Waals surface area (Å²) in [5.74, 6) is 0.134. The van der Waals surface area contributed by atoms with Crippen LogP contribution in [-0.4, -0.2) is 25.0 Å². The van der Waals surface area contributed by atoms with Crippen molar-refractivity contribution in [3.05, 3.63) is 23.9 Å². The molecule has 1 atom stereocenters. The van der Waals surface area contributed by atoms with Gasteiger partial charge in [0.1, 0.15) is 6.07 Å². The van der Waals surface area contributed by atoms with Crippen molar-refractivity contribution in [2.24, 2.45) is 5.92 Å². The van der Waals surface area contributed by atoms with Crippen LogP contribution in [0.25, 0.3) is 0 Å². The molecule has 16 heavy (non-hydrogen) atoms. The van der Waals surface area contributed by atoms with Gasteiger partial charge in [0.2, 0.25) is 0 Å². The summed E-state index contributed by atoms with van der Waals surface area (Å²) in [5.41, 5.74) is 0.337. The van der Waals surface area contributed by atoms with Crippen molar-refractivity contribution in [1.82, 2.24) is 4.98 Å². The number of aromatic nitrogens is 1. The Morgan fingerprint density at radius 3 is 2.69 bits per heavy atom. The van der Waals surface area contributed by atoms with Crippen molar-refractivity contribution < 1.29 is 8.42 Å². The monoisotopic (exact) mass is 258 g/mol. The summed E-state index contributed by atoms with van der Waals surface area (Å²) in [5, 5.41) is 8.55. The zero-order valence-corrected chi connectivity index (χ0v) is 10.3. The minimum absolute atomic E-state index is 0.0107. The molecule has 0 aliphatic rings. The van der Waals surface area contributed by atoms with Crippen LogP contribution >= 0.6 is 11.6 Å². The Morgan fingerprint density at radius 1 is 1.56 bits per heavy atom. The predicted molar refractivity (Wildman–Crippen MR) is 60.9 cm³/mol. The topological polar surface area (TPSA) is 70.8 Å². The Morgan fingerprint density at radius 2 is 2.25 bits per heavy atom. The van der Waals surface area contributed by atoms with Gasteiger partial charge in [0.25, 0.3) is 0 Å². The first-order chi connectivity index (χ1) is 7.49. The Hall–Kier alpha value is -1.12. The lowest BCUT2D eigenvalue weighted by Gasteiger charge is -2.07. The van der Waals surface area contributed by atoms with Crippen molar-refractivity contribution >= 4 is 21.4 Å². The molecule has 1 aromatic heterocycles. The quantitative estimate of drug-likeness (QED) is 0.769. The van der Waals surface area contributed by atoms with Crippen LogP contribution in [0, 0.1) is 17.2 Å². The summed E-state index contributed by atoms with van der Waals surface area (Å²) < 4.78 is 23.6. The normalized spacial score (nSPS) is 13.1. The third kappa shape index (κ3) is 3.19. The van der Waals surface area contributed by atoms with E-state index < -0.39 is 9.84 Å². The molecule has 6 heteroatoms. The third-order valence-electron chi connectivity index (χ3n) is 1.95. The number of alkyl halides is 1. The number of pyridine rings is 1. The van der Waals surface area contributed by atoms with Crippen LogP contribution in [0.4, 0.5) is 0 Å². The van der Waals surface area contributed by atoms with Gasteiger partial charge in [-0.3, -0.25) is 0 Å². The van der Waals surface area contributed by atoms with E-state index in [-0.39, 0.29) is 22.6 Å². The minimum atomic E-state index is -3.40. The molecule has 0 fully saturated rings. The van der Waals surface area contributed by atoms with Gasteiger partial charge in [0.15, 0.2) is 14.9 Å². The van der Waals surface area contributed by atoms with Crippen molar-refractivity contribution in [2.75, 3.05) is 11.6 Å². The Bertz CT molecular complexity index is 491. The van der Waals surface area contributed by atoms with Gasteiger partial charge >= 0.3 is 0 Å². The average Bonchev–Trinajstić information content (AvgIpc) is 2.28. The van der Waals surface area contributed by atoms with Crippen LogP contribution in [0.15, 0.2) is 23.4 Å². The maximum atomic E-state index is 11.8. The maximum Gasteiger partial charge on any atom is 0.195 e. The highest BCUT2D eigenvalue weighted by Gasteiger charge is 2.19. The van der Waals surface area contributed by atoms with Gasteiger partial charge in [-0.25, -0.2) is 13.4 Å². The molecular formula is C10H11ClN2O2S. The number of halogens is 1. The molecule has 1 aromatic rings. The molecule has 0 aliphatic carbocycles. The molecule has 0 bridgehead atoms. The summed E-state index contributed by atoms with van der Waals surface area (Å²) >= 11 is 5.57. The zero-order chi connectivity index (χ0) is 12.2. The Balaban J connectivity index is 2.95. The third-order valence-corrected chi connectivity index (χ3v) is 4.36. The molecule has 1 heterocycles. The van der Waals surface area contributed by atoms with Crippen molar-refractivity contribution in [3.8, 4) is 6.07 Å². The molecule has 0 aromatic carbocycles. The van der Waals surface area contributed by atoms with Crippen LogP contribution < -0.4 is 0 Å². The number of sulfone groups is 1. The van der Waals surface area contributed by atoms with E-state index in [1.165, 1.54) is 18.3 Å². The number of nitriles is 1. The van der Waals surface area contributed by atoms with Crippen LogP contribution in [-0.2, 0) is 9.84 Å². The highest BCUT2D eigenvalue weighted by atomic mass is 35.5. The second kappa shape index (κ2) is 5.28. The largest absolute Gasteiger partial charge is 0.243 e. The van der Waals surface area contributed by atoms with E-state index in [4.69, 9.17) is 16.9 Å². The fourth-order valence-corrected chi connectivity index (χ4v) is 2.90. The lowest BCUT2D eigenvalue weighted by atomic mass is 10.3. The van der Waals surface area contributed by atoms with E-state index in [2.05, 4.69) is 4.98 Å². The standard InChI is InChI=1S/C10H11ClN2O2S/c1-8(4-11)7-16(14,15)10-3-2-9(5-12)6-13-10/h2-3,6,8H,4,7H2,1H3.